The standard InChI is InChI=1S/C46H30O4S4/c47-25-29-11-5-17-37-43(29)51-39-19-7-15-35(45(39)53-37)49-33-23-21-27-9-1-3-13-31(27)41(33)42-32-14-4-2-10-28(32)22-24-34(42)50-36-16-8-20-40-46(36)54-38-18-6-12-30(26-48)44(38)52-40/h1-24,47-48H,25-26H2. The van der Waals surface area contributed by atoms with Crippen molar-refractivity contribution in [2.75, 3.05) is 0 Å². The number of benzene rings is 8. The molecule has 54 heavy (non-hydrogen) atoms. The quantitative estimate of drug-likeness (QED) is 0.166. The minimum atomic E-state index is -0.000602. The van der Waals surface area contributed by atoms with Crippen molar-refractivity contribution in [3.8, 4) is 34.1 Å². The van der Waals surface area contributed by atoms with E-state index in [0.717, 1.165) is 106 Å². The van der Waals surface area contributed by atoms with Crippen molar-refractivity contribution >= 4 is 68.6 Å². The van der Waals surface area contributed by atoms with Crippen LogP contribution in [-0.4, -0.2) is 10.2 Å². The van der Waals surface area contributed by atoms with E-state index in [4.69, 9.17) is 9.47 Å². The smallest absolute Gasteiger partial charge is 0.142 e. The summed E-state index contributed by atoms with van der Waals surface area (Å²) in [4.78, 5) is 8.69. The second kappa shape index (κ2) is 14.1. The van der Waals surface area contributed by atoms with Crippen LogP contribution in [0.15, 0.2) is 185 Å². The maximum atomic E-state index is 10.1. The van der Waals surface area contributed by atoms with Crippen LogP contribution in [-0.2, 0) is 13.2 Å². The molecule has 2 aliphatic rings. The number of hydrogen-bond donors (Lipinski definition) is 2. The Kier molecular flexibility index (Phi) is 8.83. The Hall–Kier alpha value is -4.80. The predicted molar refractivity (Wildman–Crippen MR) is 221 cm³/mol. The molecule has 2 N–H and O–H groups in total. The van der Waals surface area contributed by atoms with Crippen LogP contribution in [0.5, 0.6) is 23.0 Å². The molecule has 4 nitrogen and oxygen atoms in total. The van der Waals surface area contributed by atoms with E-state index in [1.54, 1.807) is 47.0 Å². The third-order valence-electron chi connectivity index (χ3n) is 9.67. The van der Waals surface area contributed by atoms with Gasteiger partial charge in [0.25, 0.3) is 0 Å². The monoisotopic (exact) mass is 774 g/mol. The first kappa shape index (κ1) is 33.7. The Morgan fingerprint density at radius 2 is 0.741 bits per heavy atom. The molecule has 8 heteroatoms. The van der Waals surface area contributed by atoms with E-state index in [-0.39, 0.29) is 13.2 Å². The van der Waals surface area contributed by atoms with Gasteiger partial charge in [0.1, 0.15) is 23.0 Å². The van der Waals surface area contributed by atoms with Gasteiger partial charge in [0.15, 0.2) is 0 Å². The molecule has 0 radical (unpaired) electrons. The second-order valence-corrected chi connectivity index (χ2v) is 17.1. The zero-order chi connectivity index (χ0) is 36.2. The summed E-state index contributed by atoms with van der Waals surface area (Å²) in [5, 5.41) is 24.4. The summed E-state index contributed by atoms with van der Waals surface area (Å²) in [6.45, 7) is -0.00120. The van der Waals surface area contributed by atoms with E-state index in [0.29, 0.717) is 0 Å². The van der Waals surface area contributed by atoms with Crippen LogP contribution < -0.4 is 9.47 Å². The summed E-state index contributed by atoms with van der Waals surface area (Å²) in [5.41, 5.74) is 3.77. The highest BCUT2D eigenvalue weighted by Gasteiger charge is 2.27. The lowest BCUT2D eigenvalue weighted by molar-refractivity contribution is 0.278. The van der Waals surface area contributed by atoms with Crippen LogP contribution in [0, 0.1) is 0 Å². The van der Waals surface area contributed by atoms with E-state index in [9.17, 15) is 10.2 Å². The molecule has 2 aliphatic heterocycles. The predicted octanol–water partition coefficient (Wildman–Crippen LogP) is 13.5. The summed E-state index contributed by atoms with van der Waals surface area (Å²) >= 11 is 6.72. The van der Waals surface area contributed by atoms with Gasteiger partial charge in [-0.2, -0.15) is 0 Å². The van der Waals surface area contributed by atoms with Gasteiger partial charge < -0.3 is 19.7 Å². The van der Waals surface area contributed by atoms with Crippen LogP contribution >= 0.6 is 47.0 Å². The Morgan fingerprint density at radius 1 is 0.352 bits per heavy atom. The average Bonchev–Trinajstić information content (AvgIpc) is 3.22. The summed E-state index contributed by atoms with van der Waals surface area (Å²) in [6.07, 6.45) is 0. The number of rotatable bonds is 7. The number of aliphatic hydroxyl groups is 2. The maximum absolute atomic E-state index is 10.1. The molecule has 0 saturated heterocycles. The molecule has 0 aromatic heterocycles. The van der Waals surface area contributed by atoms with Gasteiger partial charge in [-0.15, -0.1) is 0 Å². The molecule has 8 aromatic carbocycles. The largest absolute Gasteiger partial charge is 0.455 e. The Morgan fingerprint density at radius 3 is 1.19 bits per heavy atom. The molecule has 0 unspecified atom stereocenters. The summed E-state index contributed by atoms with van der Waals surface area (Å²) in [6, 6.07) is 49.9. The fourth-order valence-corrected chi connectivity index (χ4v) is 12.1. The first-order chi connectivity index (χ1) is 26.7. The third kappa shape index (κ3) is 5.85. The summed E-state index contributed by atoms with van der Waals surface area (Å²) in [7, 11) is 0. The first-order valence-electron chi connectivity index (χ1n) is 17.5. The average molecular weight is 775 g/mol. The lowest BCUT2D eigenvalue weighted by Gasteiger charge is -2.25. The fourth-order valence-electron chi connectivity index (χ4n) is 7.14. The van der Waals surface area contributed by atoms with Crippen LogP contribution in [0.25, 0.3) is 32.7 Å². The highest BCUT2D eigenvalue weighted by atomic mass is 32.2. The highest BCUT2D eigenvalue weighted by Crippen LogP contribution is 2.56. The molecule has 0 amide bonds. The van der Waals surface area contributed by atoms with Crippen LogP contribution in [0.1, 0.15) is 11.1 Å². The first-order valence-corrected chi connectivity index (χ1v) is 20.8. The maximum Gasteiger partial charge on any atom is 0.142 e. The van der Waals surface area contributed by atoms with Gasteiger partial charge in [0.05, 0.1) is 23.0 Å². The molecule has 0 bridgehead atoms. The molecule has 8 aromatic rings. The van der Waals surface area contributed by atoms with E-state index < -0.39 is 0 Å². The van der Waals surface area contributed by atoms with E-state index in [1.165, 1.54) is 0 Å². The molecule has 0 atom stereocenters. The normalized spacial score (nSPS) is 12.9. The van der Waals surface area contributed by atoms with Crippen molar-refractivity contribution < 1.29 is 19.7 Å². The molecule has 0 spiro atoms. The lowest BCUT2D eigenvalue weighted by Crippen LogP contribution is -1.99. The van der Waals surface area contributed by atoms with Gasteiger partial charge >= 0.3 is 0 Å². The van der Waals surface area contributed by atoms with Crippen LogP contribution in [0.2, 0.25) is 0 Å². The van der Waals surface area contributed by atoms with Crippen molar-refractivity contribution in [2.45, 2.75) is 52.4 Å². The van der Waals surface area contributed by atoms with Gasteiger partial charge in [0.2, 0.25) is 0 Å². The summed E-state index contributed by atoms with van der Waals surface area (Å²) in [5.74, 6) is 3.01. The molecule has 10 rings (SSSR count). The Labute approximate surface area is 329 Å². The molecular formula is C46H30O4S4. The third-order valence-corrected chi connectivity index (χ3v) is 15.0. The Balaban J connectivity index is 1.13. The minimum Gasteiger partial charge on any atom is -0.455 e. The van der Waals surface area contributed by atoms with Crippen molar-refractivity contribution in [1.82, 2.24) is 0 Å². The number of fused-ring (bicyclic) bond motifs is 6. The summed E-state index contributed by atoms with van der Waals surface area (Å²) < 4.78 is 14.2. The van der Waals surface area contributed by atoms with E-state index in [2.05, 4.69) is 97.1 Å². The fraction of sp³-hybridized carbons (Fsp3) is 0.0435. The van der Waals surface area contributed by atoms with Gasteiger partial charge in [-0.05, 0) is 81.2 Å². The SMILES string of the molecule is OCc1cccc2c1Sc1cccc(Oc3ccc4ccccc4c3-c3c(Oc4cccc5c4Sc4cccc(CO)c4S5)ccc4ccccc34)c1S2. The molecule has 2 heterocycles. The molecule has 0 aliphatic carbocycles. The molecule has 0 saturated carbocycles. The zero-order valence-electron chi connectivity index (χ0n) is 28.6. The van der Waals surface area contributed by atoms with Gasteiger partial charge in [-0.3, -0.25) is 0 Å². The van der Waals surface area contributed by atoms with Gasteiger partial charge in [-0.1, -0.05) is 144 Å². The van der Waals surface area contributed by atoms with E-state index in [1.807, 2.05) is 48.5 Å². The minimum absolute atomic E-state index is 0.000602. The second-order valence-electron chi connectivity index (χ2n) is 12.9. The molecule has 262 valence electrons. The lowest BCUT2D eigenvalue weighted by atomic mass is 9.92. The van der Waals surface area contributed by atoms with Gasteiger partial charge in [0, 0.05) is 40.5 Å². The molecule has 0 fully saturated rings. The number of aliphatic hydroxyl groups excluding tert-OH is 2. The van der Waals surface area contributed by atoms with Crippen LogP contribution in [0.4, 0.5) is 0 Å². The molecular weight excluding hydrogens is 745 g/mol. The van der Waals surface area contributed by atoms with Crippen molar-refractivity contribution in [2.24, 2.45) is 0 Å². The van der Waals surface area contributed by atoms with Crippen molar-refractivity contribution in [1.29, 1.82) is 0 Å². The topological polar surface area (TPSA) is 58.9 Å². The van der Waals surface area contributed by atoms with Crippen molar-refractivity contribution in [3.05, 3.63) is 157 Å². The zero-order valence-corrected chi connectivity index (χ0v) is 31.9. The Bertz CT molecular complexity index is 2590. The van der Waals surface area contributed by atoms with Crippen LogP contribution in [0.3, 0.4) is 0 Å². The van der Waals surface area contributed by atoms with Crippen molar-refractivity contribution in [3.63, 3.8) is 0 Å². The van der Waals surface area contributed by atoms with E-state index >= 15 is 0 Å². The van der Waals surface area contributed by atoms with Gasteiger partial charge in [-0.25, -0.2) is 0 Å². The number of hydrogen-bond acceptors (Lipinski definition) is 8. The highest BCUT2D eigenvalue weighted by molar-refractivity contribution is 8.05. The number of ether oxygens (including phenoxy) is 2.